The van der Waals surface area contributed by atoms with Gasteiger partial charge in [0, 0.05) is 0 Å². The number of aryl methyl sites for hydroxylation is 1. The Bertz CT molecular complexity index is 1370. The van der Waals surface area contributed by atoms with E-state index in [0.29, 0.717) is 32.9 Å². The van der Waals surface area contributed by atoms with Gasteiger partial charge in [-0.3, -0.25) is 14.9 Å². The Morgan fingerprint density at radius 1 is 0.946 bits per heavy atom. The number of carbonyl (C=O) groups is 3. The number of imide groups is 2. The van der Waals surface area contributed by atoms with E-state index < -0.39 is 17.8 Å². The number of nitrogens with one attached hydrogen (secondary N) is 1. The van der Waals surface area contributed by atoms with E-state index >= 15 is 0 Å². The lowest BCUT2D eigenvalue weighted by molar-refractivity contribution is -0.122. The SMILES string of the molecule is CCOc1cc(/C=C2/C(=O)NC(=O)N(c3ccc(CC)cc3)C2=O)cc(I)c1OCc1ccc(F)cc1. The molecule has 1 saturated heterocycles. The summed E-state index contributed by atoms with van der Waals surface area (Å²) in [7, 11) is 0. The molecule has 4 amide bonds. The Balaban J connectivity index is 1.64. The van der Waals surface area contributed by atoms with Crippen LogP contribution in [0.15, 0.2) is 66.2 Å². The maximum absolute atomic E-state index is 13.2. The van der Waals surface area contributed by atoms with Crippen LogP contribution in [0.3, 0.4) is 0 Å². The van der Waals surface area contributed by atoms with Crippen molar-refractivity contribution in [1.82, 2.24) is 5.32 Å². The second kappa shape index (κ2) is 11.5. The molecule has 190 valence electrons. The summed E-state index contributed by atoms with van der Waals surface area (Å²) in [5.74, 6) is -0.912. The lowest BCUT2D eigenvalue weighted by Crippen LogP contribution is -2.54. The summed E-state index contributed by atoms with van der Waals surface area (Å²) in [5, 5.41) is 2.24. The summed E-state index contributed by atoms with van der Waals surface area (Å²) in [6, 6.07) is 15.6. The lowest BCUT2D eigenvalue weighted by Gasteiger charge is -2.26. The molecule has 0 radical (unpaired) electrons. The quantitative estimate of drug-likeness (QED) is 0.202. The number of amides is 4. The summed E-state index contributed by atoms with van der Waals surface area (Å²) in [6.07, 6.45) is 2.24. The first-order valence-corrected chi connectivity index (χ1v) is 12.7. The maximum atomic E-state index is 13.2. The molecule has 1 fully saturated rings. The average molecular weight is 614 g/mol. The zero-order valence-electron chi connectivity index (χ0n) is 20.2. The molecule has 0 bridgehead atoms. The number of hydrogen-bond acceptors (Lipinski definition) is 5. The predicted octanol–water partition coefficient (Wildman–Crippen LogP) is 5.64. The molecule has 0 unspecified atom stereocenters. The van der Waals surface area contributed by atoms with E-state index in [1.807, 2.05) is 26.0 Å². The summed E-state index contributed by atoms with van der Waals surface area (Å²) in [5.41, 5.74) is 2.55. The number of anilines is 1. The molecule has 1 aliphatic rings. The van der Waals surface area contributed by atoms with Crippen LogP contribution >= 0.6 is 22.6 Å². The van der Waals surface area contributed by atoms with Crippen molar-refractivity contribution in [3.05, 3.63) is 92.3 Å². The minimum absolute atomic E-state index is 0.183. The van der Waals surface area contributed by atoms with Crippen molar-refractivity contribution in [2.45, 2.75) is 26.9 Å². The molecule has 9 heteroatoms. The van der Waals surface area contributed by atoms with Crippen molar-refractivity contribution in [2.75, 3.05) is 11.5 Å². The normalized spacial score (nSPS) is 14.6. The Labute approximate surface area is 227 Å². The van der Waals surface area contributed by atoms with E-state index in [4.69, 9.17) is 9.47 Å². The third-order valence-corrected chi connectivity index (χ3v) is 6.44. The molecule has 4 rings (SSSR count). The molecule has 1 aliphatic heterocycles. The average Bonchev–Trinajstić information content (AvgIpc) is 2.87. The van der Waals surface area contributed by atoms with Gasteiger partial charge in [-0.15, -0.1) is 0 Å². The molecule has 3 aromatic rings. The summed E-state index contributed by atoms with van der Waals surface area (Å²) >= 11 is 2.08. The number of ether oxygens (including phenoxy) is 2. The number of halogens is 2. The zero-order valence-corrected chi connectivity index (χ0v) is 22.4. The molecule has 3 aromatic carbocycles. The monoisotopic (exact) mass is 614 g/mol. The molecular formula is C28H24FIN2O5. The van der Waals surface area contributed by atoms with Gasteiger partial charge in [0.25, 0.3) is 11.8 Å². The van der Waals surface area contributed by atoms with Gasteiger partial charge in [0.15, 0.2) is 11.5 Å². The Hall–Kier alpha value is -3.73. The van der Waals surface area contributed by atoms with Crippen molar-refractivity contribution >= 4 is 52.2 Å². The standard InChI is InChI=1S/C28H24FIN2O5/c1-3-17-7-11-21(12-8-17)32-27(34)22(26(33)31-28(32)35)13-19-14-23(30)25(24(15-19)36-4-2)37-16-18-5-9-20(29)10-6-18/h5-15H,3-4,16H2,1-2H3,(H,31,33,35)/b22-13-. The number of carbonyl (C=O) groups excluding carboxylic acids is 3. The predicted molar refractivity (Wildman–Crippen MR) is 146 cm³/mol. The largest absolute Gasteiger partial charge is 0.490 e. The maximum Gasteiger partial charge on any atom is 0.335 e. The topological polar surface area (TPSA) is 84.9 Å². The first-order valence-electron chi connectivity index (χ1n) is 11.6. The van der Waals surface area contributed by atoms with Crippen LogP contribution in [0.5, 0.6) is 11.5 Å². The second-order valence-electron chi connectivity index (χ2n) is 8.16. The molecular weight excluding hydrogens is 590 g/mol. The van der Waals surface area contributed by atoms with E-state index in [1.54, 1.807) is 36.4 Å². The van der Waals surface area contributed by atoms with Crippen molar-refractivity contribution in [2.24, 2.45) is 0 Å². The van der Waals surface area contributed by atoms with Crippen LogP contribution in [0, 0.1) is 9.39 Å². The molecule has 0 saturated carbocycles. The van der Waals surface area contributed by atoms with Crippen LogP contribution in [0.1, 0.15) is 30.5 Å². The molecule has 7 nitrogen and oxygen atoms in total. The fraction of sp³-hybridized carbons (Fsp3) is 0.179. The van der Waals surface area contributed by atoms with Crippen LogP contribution in [0.4, 0.5) is 14.9 Å². The van der Waals surface area contributed by atoms with Gasteiger partial charge in [0.05, 0.1) is 15.9 Å². The second-order valence-corrected chi connectivity index (χ2v) is 9.32. The molecule has 0 aliphatic carbocycles. The lowest BCUT2D eigenvalue weighted by atomic mass is 10.1. The van der Waals surface area contributed by atoms with Crippen molar-refractivity contribution < 1.29 is 28.2 Å². The summed E-state index contributed by atoms with van der Waals surface area (Å²) in [4.78, 5) is 39.3. The van der Waals surface area contributed by atoms with Gasteiger partial charge < -0.3 is 9.47 Å². The van der Waals surface area contributed by atoms with Gasteiger partial charge in [-0.1, -0.05) is 31.2 Å². The Kier molecular flexibility index (Phi) is 8.22. The van der Waals surface area contributed by atoms with Gasteiger partial charge >= 0.3 is 6.03 Å². The number of benzene rings is 3. The third-order valence-electron chi connectivity index (χ3n) is 5.64. The highest BCUT2D eigenvalue weighted by atomic mass is 127. The van der Waals surface area contributed by atoms with Crippen LogP contribution in [0.25, 0.3) is 6.08 Å². The fourth-order valence-electron chi connectivity index (χ4n) is 3.75. The van der Waals surface area contributed by atoms with Crippen LogP contribution in [-0.4, -0.2) is 24.5 Å². The van der Waals surface area contributed by atoms with Crippen molar-refractivity contribution in [3.63, 3.8) is 0 Å². The van der Waals surface area contributed by atoms with Crippen molar-refractivity contribution in [1.29, 1.82) is 0 Å². The number of barbiturate groups is 1. The van der Waals surface area contributed by atoms with E-state index in [0.717, 1.165) is 22.4 Å². The molecule has 0 spiro atoms. The van der Waals surface area contributed by atoms with Gasteiger partial charge in [-0.05, 0) is 95.1 Å². The number of urea groups is 1. The van der Waals surface area contributed by atoms with Gasteiger partial charge in [0.1, 0.15) is 18.0 Å². The highest BCUT2D eigenvalue weighted by molar-refractivity contribution is 14.1. The number of hydrogen-bond donors (Lipinski definition) is 1. The van der Waals surface area contributed by atoms with Gasteiger partial charge in [0.2, 0.25) is 0 Å². The van der Waals surface area contributed by atoms with Crippen LogP contribution in [0.2, 0.25) is 0 Å². The summed E-state index contributed by atoms with van der Waals surface area (Å²) in [6.45, 7) is 4.39. The minimum atomic E-state index is -0.800. The van der Waals surface area contributed by atoms with Gasteiger partial charge in [-0.25, -0.2) is 14.1 Å². The third kappa shape index (κ3) is 5.99. The molecule has 0 aromatic heterocycles. The van der Waals surface area contributed by atoms with Gasteiger partial charge in [-0.2, -0.15) is 0 Å². The smallest absolute Gasteiger partial charge is 0.335 e. The Morgan fingerprint density at radius 3 is 2.27 bits per heavy atom. The Morgan fingerprint density at radius 2 is 1.62 bits per heavy atom. The minimum Gasteiger partial charge on any atom is -0.490 e. The molecule has 0 atom stereocenters. The van der Waals surface area contributed by atoms with Crippen LogP contribution in [-0.2, 0) is 22.6 Å². The highest BCUT2D eigenvalue weighted by Crippen LogP contribution is 2.36. The first-order chi connectivity index (χ1) is 17.8. The van der Waals surface area contributed by atoms with Crippen molar-refractivity contribution in [3.8, 4) is 11.5 Å². The summed E-state index contributed by atoms with van der Waals surface area (Å²) < 4.78 is 25.6. The molecule has 1 N–H and O–H groups in total. The number of rotatable bonds is 8. The number of nitrogens with zero attached hydrogens (tertiary/aromatic N) is 1. The first kappa shape index (κ1) is 26.3. The highest BCUT2D eigenvalue weighted by Gasteiger charge is 2.36. The fourth-order valence-corrected chi connectivity index (χ4v) is 4.53. The van der Waals surface area contributed by atoms with E-state index in [-0.39, 0.29) is 18.0 Å². The molecule has 37 heavy (non-hydrogen) atoms. The van der Waals surface area contributed by atoms with E-state index in [1.165, 1.54) is 18.2 Å². The van der Waals surface area contributed by atoms with E-state index in [2.05, 4.69) is 27.9 Å². The van der Waals surface area contributed by atoms with E-state index in [9.17, 15) is 18.8 Å². The van der Waals surface area contributed by atoms with Crippen LogP contribution < -0.4 is 19.7 Å². The zero-order chi connectivity index (χ0) is 26.5. The molecule has 1 heterocycles.